The lowest BCUT2D eigenvalue weighted by atomic mass is 10.0. The van der Waals surface area contributed by atoms with E-state index in [2.05, 4.69) is 10.6 Å². The summed E-state index contributed by atoms with van der Waals surface area (Å²) in [5.41, 5.74) is 0. The van der Waals surface area contributed by atoms with Gasteiger partial charge in [-0.2, -0.15) is 0 Å². The molecule has 3 N–H and O–H groups in total. The van der Waals surface area contributed by atoms with Gasteiger partial charge in [-0.3, -0.25) is 4.79 Å². The largest absolute Gasteiger partial charge is 0.394 e. The zero-order valence-corrected chi connectivity index (χ0v) is 15.1. The Morgan fingerprint density at radius 2 is 1.85 bits per heavy atom. The van der Waals surface area contributed by atoms with Crippen LogP contribution in [0.2, 0.25) is 0 Å². The van der Waals surface area contributed by atoms with Crippen molar-refractivity contribution in [2.24, 2.45) is 0 Å². The molecule has 2 heterocycles. The van der Waals surface area contributed by atoms with Crippen LogP contribution >= 0.6 is 0 Å². The van der Waals surface area contributed by atoms with Gasteiger partial charge in [0.15, 0.2) is 0 Å². The number of hydrogen-bond acceptors (Lipinski definition) is 5. The van der Waals surface area contributed by atoms with Crippen molar-refractivity contribution < 1.29 is 24.2 Å². The van der Waals surface area contributed by atoms with Gasteiger partial charge in [-0.05, 0) is 12.8 Å². The average Bonchev–Trinajstić information content (AvgIpc) is 3.16. The zero-order chi connectivity index (χ0) is 18.4. The van der Waals surface area contributed by atoms with E-state index in [1.54, 1.807) is 11.0 Å². The number of urea groups is 1. The van der Waals surface area contributed by atoms with E-state index in [-0.39, 0.29) is 31.0 Å². The quantitative estimate of drug-likeness (QED) is 0.601. The maximum atomic E-state index is 12.3. The predicted octanol–water partition coefficient (Wildman–Crippen LogP) is 0.162. The fraction of sp³-hybridized carbons (Fsp3) is 0.778. The van der Waals surface area contributed by atoms with E-state index in [1.165, 1.54) is 0 Å². The van der Waals surface area contributed by atoms with Crippen molar-refractivity contribution in [3.8, 4) is 0 Å². The summed E-state index contributed by atoms with van der Waals surface area (Å²) in [6.07, 6.45) is 7.22. The molecule has 2 fully saturated rings. The molecule has 3 rings (SSSR count). The van der Waals surface area contributed by atoms with Crippen molar-refractivity contribution in [3.05, 3.63) is 12.2 Å². The Balaban J connectivity index is 1.49. The number of morpholine rings is 1. The zero-order valence-electron chi connectivity index (χ0n) is 15.1. The predicted molar refractivity (Wildman–Crippen MR) is 94.6 cm³/mol. The number of aliphatic hydroxyl groups is 1. The molecule has 8 heteroatoms. The van der Waals surface area contributed by atoms with Crippen molar-refractivity contribution in [2.45, 2.75) is 56.4 Å². The molecule has 3 aliphatic rings. The van der Waals surface area contributed by atoms with Crippen molar-refractivity contribution >= 4 is 11.9 Å². The lowest BCUT2D eigenvalue weighted by molar-refractivity contribution is -0.139. The number of ether oxygens (including phenoxy) is 2. The summed E-state index contributed by atoms with van der Waals surface area (Å²) in [7, 11) is 0. The van der Waals surface area contributed by atoms with E-state index >= 15 is 0 Å². The van der Waals surface area contributed by atoms with E-state index < -0.39 is 18.2 Å². The number of hydrogen-bond donors (Lipinski definition) is 3. The van der Waals surface area contributed by atoms with Gasteiger partial charge in [0.25, 0.3) is 0 Å². The highest BCUT2D eigenvalue weighted by Crippen LogP contribution is 2.19. The van der Waals surface area contributed by atoms with Crippen LogP contribution in [0, 0.1) is 0 Å². The monoisotopic (exact) mass is 367 g/mol. The van der Waals surface area contributed by atoms with Crippen LogP contribution in [0.3, 0.4) is 0 Å². The Bertz CT molecular complexity index is 515. The van der Waals surface area contributed by atoms with Gasteiger partial charge in [-0.1, -0.05) is 25.0 Å². The molecule has 1 saturated heterocycles. The molecule has 26 heavy (non-hydrogen) atoms. The number of carbonyl (C=O) groups excluding carboxylic acids is 2. The van der Waals surface area contributed by atoms with Crippen molar-refractivity contribution in [2.75, 3.05) is 32.9 Å². The van der Waals surface area contributed by atoms with Crippen LogP contribution in [-0.4, -0.2) is 79.1 Å². The third-order valence-corrected chi connectivity index (χ3v) is 5.19. The van der Waals surface area contributed by atoms with Gasteiger partial charge in [-0.25, -0.2) is 4.79 Å². The minimum absolute atomic E-state index is 0.0185. The maximum Gasteiger partial charge on any atom is 0.315 e. The van der Waals surface area contributed by atoms with Gasteiger partial charge < -0.3 is 30.1 Å². The molecule has 0 unspecified atom stereocenters. The standard InChI is InChI=1S/C18H29N3O5/c22-12-16-15(20-18(24)19-13-3-1-2-4-13)6-5-14(26-16)11-17(23)21-7-9-25-10-8-21/h5-6,13-16,22H,1-4,7-12H2,(H2,19,20,24)/t14-,15+,16+/m0/s1. The van der Waals surface area contributed by atoms with Crippen LogP contribution in [-0.2, 0) is 14.3 Å². The van der Waals surface area contributed by atoms with Crippen LogP contribution in [0.5, 0.6) is 0 Å². The van der Waals surface area contributed by atoms with Crippen LogP contribution < -0.4 is 10.6 Å². The lowest BCUT2D eigenvalue weighted by Crippen LogP contribution is -2.53. The first-order chi connectivity index (χ1) is 12.7. The van der Waals surface area contributed by atoms with Crippen molar-refractivity contribution in [1.29, 1.82) is 0 Å². The van der Waals surface area contributed by atoms with E-state index in [0.717, 1.165) is 25.7 Å². The number of amides is 3. The fourth-order valence-corrected chi connectivity index (χ4v) is 3.70. The van der Waals surface area contributed by atoms with Crippen molar-refractivity contribution in [1.82, 2.24) is 15.5 Å². The molecule has 0 radical (unpaired) electrons. The molecular formula is C18H29N3O5. The second-order valence-corrected chi connectivity index (χ2v) is 7.10. The number of nitrogens with zero attached hydrogens (tertiary/aromatic N) is 1. The lowest BCUT2D eigenvalue weighted by Gasteiger charge is -2.33. The highest BCUT2D eigenvalue weighted by atomic mass is 16.5. The maximum absolute atomic E-state index is 12.3. The molecule has 1 saturated carbocycles. The molecule has 0 spiro atoms. The summed E-state index contributed by atoms with van der Waals surface area (Å²) in [5, 5.41) is 15.4. The first-order valence-electron chi connectivity index (χ1n) is 9.53. The molecular weight excluding hydrogens is 338 g/mol. The van der Waals surface area contributed by atoms with Crippen LogP contribution in [0.4, 0.5) is 4.79 Å². The first-order valence-corrected chi connectivity index (χ1v) is 9.53. The second-order valence-electron chi connectivity index (χ2n) is 7.10. The van der Waals surface area contributed by atoms with E-state index in [9.17, 15) is 14.7 Å². The second kappa shape index (κ2) is 9.34. The fourth-order valence-electron chi connectivity index (χ4n) is 3.70. The number of nitrogens with one attached hydrogen (secondary N) is 2. The smallest absolute Gasteiger partial charge is 0.315 e. The highest BCUT2D eigenvalue weighted by Gasteiger charge is 2.30. The molecule has 8 nitrogen and oxygen atoms in total. The molecule has 1 aliphatic carbocycles. The Morgan fingerprint density at radius 3 is 2.54 bits per heavy atom. The molecule has 0 aromatic rings. The van der Waals surface area contributed by atoms with Gasteiger partial charge in [0, 0.05) is 19.1 Å². The molecule has 0 aromatic heterocycles. The normalized spacial score (nSPS) is 29.6. The van der Waals surface area contributed by atoms with E-state index in [4.69, 9.17) is 9.47 Å². The van der Waals surface area contributed by atoms with Crippen LogP contribution in [0.15, 0.2) is 12.2 Å². The molecule has 0 aromatic carbocycles. The van der Waals surface area contributed by atoms with Crippen LogP contribution in [0.25, 0.3) is 0 Å². The Hall–Kier alpha value is -1.64. The number of aliphatic hydroxyl groups excluding tert-OH is 1. The Labute approximate surface area is 153 Å². The number of carbonyl (C=O) groups is 2. The summed E-state index contributed by atoms with van der Waals surface area (Å²) < 4.78 is 11.1. The Morgan fingerprint density at radius 1 is 1.12 bits per heavy atom. The topological polar surface area (TPSA) is 100 Å². The molecule has 3 amide bonds. The van der Waals surface area contributed by atoms with Gasteiger partial charge >= 0.3 is 6.03 Å². The van der Waals surface area contributed by atoms with Gasteiger partial charge in [0.05, 0.1) is 38.4 Å². The summed E-state index contributed by atoms with van der Waals surface area (Å²) >= 11 is 0. The summed E-state index contributed by atoms with van der Waals surface area (Å²) in [6, 6.07) is -0.414. The summed E-state index contributed by atoms with van der Waals surface area (Å²) in [5.74, 6) is 0.0185. The van der Waals surface area contributed by atoms with Gasteiger partial charge in [-0.15, -0.1) is 0 Å². The van der Waals surface area contributed by atoms with Crippen molar-refractivity contribution in [3.63, 3.8) is 0 Å². The molecule has 2 aliphatic heterocycles. The van der Waals surface area contributed by atoms with E-state index in [0.29, 0.717) is 26.3 Å². The summed E-state index contributed by atoms with van der Waals surface area (Å²) in [6.45, 7) is 2.11. The number of rotatable bonds is 5. The third kappa shape index (κ3) is 5.18. The first kappa shape index (κ1) is 19.1. The van der Waals surface area contributed by atoms with Crippen LogP contribution in [0.1, 0.15) is 32.1 Å². The third-order valence-electron chi connectivity index (χ3n) is 5.19. The minimum atomic E-state index is -0.559. The van der Waals surface area contributed by atoms with Gasteiger partial charge in [0.2, 0.25) is 5.91 Å². The van der Waals surface area contributed by atoms with E-state index in [1.807, 2.05) is 6.08 Å². The molecule has 3 atom stereocenters. The Kier molecular flexibility index (Phi) is 6.87. The summed E-state index contributed by atoms with van der Waals surface area (Å²) in [4.78, 5) is 26.2. The minimum Gasteiger partial charge on any atom is -0.394 e. The average molecular weight is 367 g/mol. The highest BCUT2D eigenvalue weighted by molar-refractivity contribution is 5.77. The van der Waals surface area contributed by atoms with Gasteiger partial charge in [0.1, 0.15) is 6.10 Å². The molecule has 146 valence electrons. The SMILES string of the molecule is O=C(NC1CCCC1)N[C@@H]1C=C[C@@H](CC(=O)N2CCOCC2)O[C@@H]1CO. The molecule has 0 bridgehead atoms.